The van der Waals surface area contributed by atoms with E-state index < -0.39 is 0 Å². The average molecular weight is 331 g/mol. The van der Waals surface area contributed by atoms with Crippen molar-refractivity contribution in [2.45, 2.75) is 24.7 Å². The second-order valence-corrected chi connectivity index (χ2v) is 6.50. The van der Waals surface area contributed by atoms with Crippen molar-refractivity contribution in [1.82, 2.24) is 10.6 Å². The summed E-state index contributed by atoms with van der Waals surface area (Å²) in [6.45, 7) is 4.71. The van der Waals surface area contributed by atoms with Crippen LogP contribution in [0.1, 0.15) is 24.8 Å². The van der Waals surface area contributed by atoms with Crippen LogP contribution in [0.2, 0.25) is 10.0 Å². The maximum absolute atomic E-state index is 6.21. The van der Waals surface area contributed by atoms with Crippen molar-refractivity contribution in [3.63, 3.8) is 0 Å². The lowest BCUT2D eigenvalue weighted by Crippen LogP contribution is -2.45. The van der Waals surface area contributed by atoms with Gasteiger partial charge in [-0.15, -0.1) is 0 Å². The molecule has 5 heteroatoms. The molecule has 0 spiro atoms. The second-order valence-electron chi connectivity index (χ2n) is 5.68. The fourth-order valence-electron chi connectivity index (χ4n) is 3.02. The van der Waals surface area contributed by atoms with Gasteiger partial charge in [0.15, 0.2) is 0 Å². The van der Waals surface area contributed by atoms with Crippen molar-refractivity contribution in [3.05, 3.63) is 33.8 Å². The van der Waals surface area contributed by atoms with E-state index in [9.17, 15) is 0 Å². The van der Waals surface area contributed by atoms with Gasteiger partial charge in [0.25, 0.3) is 0 Å². The van der Waals surface area contributed by atoms with Crippen molar-refractivity contribution >= 4 is 23.2 Å². The molecule has 3 nitrogen and oxygen atoms in total. The van der Waals surface area contributed by atoms with Gasteiger partial charge in [-0.05, 0) is 50.0 Å². The number of benzene rings is 1. The van der Waals surface area contributed by atoms with Crippen LogP contribution in [0.25, 0.3) is 0 Å². The first-order valence-corrected chi connectivity index (χ1v) is 8.29. The molecule has 1 atom stereocenters. The van der Waals surface area contributed by atoms with Gasteiger partial charge in [0, 0.05) is 25.6 Å². The second kappa shape index (κ2) is 8.35. The molecule has 1 saturated heterocycles. The predicted octanol–water partition coefficient (Wildman–Crippen LogP) is 3.24. The number of nitrogens with one attached hydrogen (secondary N) is 2. The van der Waals surface area contributed by atoms with E-state index >= 15 is 0 Å². The fourth-order valence-corrected chi connectivity index (χ4v) is 3.32. The van der Waals surface area contributed by atoms with Crippen molar-refractivity contribution in [2.75, 3.05) is 39.9 Å². The Kier molecular flexibility index (Phi) is 6.77. The Balaban J connectivity index is 2.07. The van der Waals surface area contributed by atoms with Gasteiger partial charge in [-0.2, -0.15) is 0 Å². The van der Waals surface area contributed by atoms with Gasteiger partial charge in [0.05, 0.1) is 16.7 Å². The van der Waals surface area contributed by atoms with E-state index in [1.165, 1.54) is 18.4 Å². The quantitative estimate of drug-likeness (QED) is 0.753. The predicted molar refractivity (Wildman–Crippen MR) is 89.6 cm³/mol. The highest BCUT2D eigenvalue weighted by atomic mass is 35.5. The molecule has 1 aromatic rings. The van der Waals surface area contributed by atoms with Gasteiger partial charge in [0.1, 0.15) is 0 Å². The van der Waals surface area contributed by atoms with Gasteiger partial charge < -0.3 is 15.4 Å². The number of hydrogen-bond donors (Lipinski definition) is 2. The number of piperidine rings is 1. The molecule has 21 heavy (non-hydrogen) atoms. The normalized spacial score (nSPS) is 22.4. The van der Waals surface area contributed by atoms with Crippen LogP contribution in [0.5, 0.6) is 0 Å². The van der Waals surface area contributed by atoms with Crippen molar-refractivity contribution < 1.29 is 4.74 Å². The molecule has 1 aliphatic heterocycles. The highest BCUT2D eigenvalue weighted by Crippen LogP contribution is 2.37. The van der Waals surface area contributed by atoms with Crippen molar-refractivity contribution in [1.29, 1.82) is 0 Å². The van der Waals surface area contributed by atoms with Crippen LogP contribution >= 0.6 is 23.2 Å². The minimum atomic E-state index is 0.145. The number of rotatable bonds is 7. The highest BCUT2D eigenvalue weighted by molar-refractivity contribution is 6.42. The Labute approximate surface area is 137 Å². The SMILES string of the molecule is COCCNCCC1(c2ccc(Cl)c(Cl)c2)CCCNC1. The summed E-state index contributed by atoms with van der Waals surface area (Å²) in [6, 6.07) is 6.07. The molecule has 1 heterocycles. The highest BCUT2D eigenvalue weighted by Gasteiger charge is 2.33. The van der Waals surface area contributed by atoms with Gasteiger partial charge >= 0.3 is 0 Å². The summed E-state index contributed by atoms with van der Waals surface area (Å²) in [6.07, 6.45) is 3.46. The average Bonchev–Trinajstić information content (AvgIpc) is 2.51. The Morgan fingerprint density at radius 3 is 2.81 bits per heavy atom. The first-order valence-electron chi connectivity index (χ1n) is 7.54. The zero-order chi connectivity index (χ0) is 15.1. The first-order chi connectivity index (χ1) is 10.2. The third-order valence-electron chi connectivity index (χ3n) is 4.27. The van der Waals surface area contributed by atoms with Gasteiger partial charge in [0.2, 0.25) is 0 Å². The van der Waals surface area contributed by atoms with Crippen LogP contribution in [0, 0.1) is 0 Å². The van der Waals surface area contributed by atoms with E-state index in [1.807, 2.05) is 12.1 Å². The largest absolute Gasteiger partial charge is 0.383 e. The first kappa shape index (κ1) is 17.0. The Morgan fingerprint density at radius 1 is 1.29 bits per heavy atom. The van der Waals surface area contributed by atoms with E-state index in [1.54, 1.807) is 7.11 Å². The monoisotopic (exact) mass is 330 g/mol. The van der Waals surface area contributed by atoms with Crippen molar-refractivity contribution in [3.8, 4) is 0 Å². The number of halogens is 2. The third-order valence-corrected chi connectivity index (χ3v) is 5.01. The lowest BCUT2D eigenvalue weighted by Gasteiger charge is -2.38. The summed E-state index contributed by atoms with van der Waals surface area (Å²) in [4.78, 5) is 0. The van der Waals surface area contributed by atoms with Crippen LogP contribution in [-0.2, 0) is 10.2 Å². The number of ether oxygens (including phenoxy) is 1. The molecule has 0 aliphatic carbocycles. The Hall–Kier alpha value is -0.320. The van der Waals surface area contributed by atoms with E-state index in [-0.39, 0.29) is 5.41 Å². The summed E-state index contributed by atoms with van der Waals surface area (Å²) in [5.41, 5.74) is 1.43. The molecule has 1 aromatic carbocycles. The zero-order valence-electron chi connectivity index (χ0n) is 12.6. The van der Waals surface area contributed by atoms with E-state index in [2.05, 4.69) is 16.7 Å². The molecule has 118 valence electrons. The lowest BCUT2D eigenvalue weighted by molar-refractivity contribution is 0.197. The minimum Gasteiger partial charge on any atom is -0.383 e. The van der Waals surface area contributed by atoms with Crippen LogP contribution in [0.3, 0.4) is 0 Å². The molecule has 1 fully saturated rings. The van der Waals surface area contributed by atoms with E-state index in [0.29, 0.717) is 10.0 Å². The van der Waals surface area contributed by atoms with E-state index in [0.717, 1.165) is 39.2 Å². The molecule has 1 unspecified atom stereocenters. The minimum absolute atomic E-state index is 0.145. The lowest BCUT2D eigenvalue weighted by atomic mass is 9.72. The van der Waals surface area contributed by atoms with Gasteiger partial charge in [-0.25, -0.2) is 0 Å². The van der Waals surface area contributed by atoms with Crippen LogP contribution in [0.4, 0.5) is 0 Å². The summed E-state index contributed by atoms with van der Waals surface area (Å²) >= 11 is 12.3. The molecule has 0 bridgehead atoms. The fraction of sp³-hybridized carbons (Fsp3) is 0.625. The summed E-state index contributed by atoms with van der Waals surface area (Å²) in [7, 11) is 1.73. The molecule has 0 aromatic heterocycles. The number of hydrogen-bond acceptors (Lipinski definition) is 3. The van der Waals surface area contributed by atoms with Crippen LogP contribution in [-0.4, -0.2) is 39.9 Å². The molecular formula is C16H24Cl2N2O. The zero-order valence-corrected chi connectivity index (χ0v) is 14.1. The van der Waals surface area contributed by atoms with Crippen LogP contribution in [0.15, 0.2) is 18.2 Å². The standard InChI is InChI=1S/C16H24Cl2N2O/c1-21-10-9-19-8-6-16(5-2-7-20-12-16)13-3-4-14(17)15(18)11-13/h3-4,11,19-20H,2,5-10,12H2,1H3. The molecular weight excluding hydrogens is 307 g/mol. The third kappa shape index (κ3) is 4.57. The van der Waals surface area contributed by atoms with Gasteiger partial charge in [-0.1, -0.05) is 29.3 Å². The van der Waals surface area contributed by atoms with Crippen molar-refractivity contribution in [2.24, 2.45) is 0 Å². The maximum atomic E-state index is 6.21. The molecule has 0 amide bonds. The number of methoxy groups -OCH3 is 1. The molecule has 2 rings (SSSR count). The molecule has 0 radical (unpaired) electrons. The van der Waals surface area contributed by atoms with Gasteiger partial charge in [-0.3, -0.25) is 0 Å². The smallest absolute Gasteiger partial charge is 0.0595 e. The molecule has 1 aliphatic rings. The topological polar surface area (TPSA) is 33.3 Å². The Morgan fingerprint density at radius 2 is 2.14 bits per heavy atom. The molecule has 0 saturated carbocycles. The summed E-state index contributed by atoms with van der Waals surface area (Å²) in [5.74, 6) is 0. The Bertz CT molecular complexity index is 448. The summed E-state index contributed by atoms with van der Waals surface area (Å²) in [5, 5.41) is 8.24. The van der Waals surface area contributed by atoms with E-state index in [4.69, 9.17) is 27.9 Å². The molecule has 2 N–H and O–H groups in total. The maximum Gasteiger partial charge on any atom is 0.0595 e. The van der Waals surface area contributed by atoms with Crippen LogP contribution < -0.4 is 10.6 Å². The summed E-state index contributed by atoms with van der Waals surface area (Å²) < 4.78 is 5.07.